The molecule has 0 N–H and O–H groups in total. The summed E-state index contributed by atoms with van der Waals surface area (Å²) in [5.74, 6) is -0.114. The molecule has 1 aromatic rings. The molecular formula is C10H9FN2O. The molecule has 3 nitrogen and oxygen atoms in total. The third kappa shape index (κ3) is 2.56. The number of halogens is 1. The van der Waals surface area contributed by atoms with E-state index in [1.165, 1.54) is 24.3 Å². The molecule has 14 heavy (non-hydrogen) atoms. The molecule has 0 aromatic heterocycles. The number of hydrogen-bond acceptors (Lipinski definition) is 3. The van der Waals surface area contributed by atoms with Gasteiger partial charge in [0, 0.05) is 5.56 Å². The lowest BCUT2D eigenvalue weighted by atomic mass is 10.2. The molecule has 0 saturated heterocycles. The number of nitrogens with zero attached hydrogens (tertiary/aromatic N) is 2. The van der Waals surface area contributed by atoms with Gasteiger partial charge in [0.15, 0.2) is 0 Å². The number of nitriles is 1. The van der Waals surface area contributed by atoms with Crippen LogP contribution in [-0.4, -0.2) is 12.5 Å². The number of rotatable bonds is 2. The van der Waals surface area contributed by atoms with E-state index in [2.05, 4.69) is 4.99 Å². The van der Waals surface area contributed by atoms with Crippen LogP contribution in [0.5, 0.6) is 0 Å². The zero-order valence-corrected chi connectivity index (χ0v) is 7.70. The van der Waals surface area contributed by atoms with Gasteiger partial charge in [-0.15, -0.1) is 4.99 Å². The molecule has 0 heterocycles. The third-order valence-corrected chi connectivity index (χ3v) is 1.52. The smallest absolute Gasteiger partial charge is 0.231 e. The lowest BCUT2D eigenvalue weighted by Gasteiger charge is -2.04. The molecule has 1 aromatic carbocycles. The molecular weight excluding hydrogens is 183 g/mol. The van der Waals surface area contributed by atoms with Gasteiger partial charge >= 0.3 is 0 Å². The summed E-state index contributed by atoms with van der Waals surface area (Å²) in [4.78, 5) is 3.49. The number of benzene rings is 1. The number of aliphatic imine (C=N–C) groups is 1. The van der Waals surface area contributed by atoms with Crippen LogP contribution in [0.1, 0.15) is 12.5 Å². The maximum absolute atomic E-state index is 12.6. The zero-order valence-electron chi connectivity index (χ0n) is 7.70. The van der Waals surface area contributed by atoms with E-state index in [0.717, 1.165) is 0 Å². The summed E-state index contributed by atoms with van der Waals surface area (Å²) in [6.45, 7) is 2.20. The quantitative estimate of drug-likeness (QED) is 0.409. The van der Waals surface area contributed by atoms with Crippen molar-refractivity contribution in [2.75, 3.05) is 6.61 Å². The van der Waals surface area contributed by atoms with E-state index in [1.54, 1.807) is 13.1 Å². The predicted octanol–water partition coefficient (Wildman–Crippen LogP) is 2.09. The molecule has 0 unspecified atom stereocenters. The lowest BCUT2D eigenvalue weighted by Crippen LogP contribution is -2.06. The van der Waals surface area contributed by atoms with Crippen LogP contribution in [0.4, 0.5) is 4.39 Å². The summed E-state index contributed by atoms with van der Waals surface area (Å²) in [6.07, 6.45) is 1.63. The highest BCUT2D eigenvalue weighted by Crippen LogP contribution is 2.05. The monoisotopic (exact) mass is 192 g/mol. The number of ether oxygens (including phenoxy) is 1. The van der Waals surface area contributed by atoms with Gasteiger partial charge in [-0.25, -0.2) is 4.39 Å². The van der Waals surface area contributed by atoms with E-state index in [0.29, 0.717) is 12.2 Å². The van der Waals surface area contributed by atoms with Crippen molar-refractivity contribution in [3.8, 4) is 6.19 Å². The molecule has 0 atom stereocenters. The molecule has 0 spiro atoms. The fourth-order valence-corrected chi connectivity index (χ4v) is 0.955. The minimum Gasteiger partial charge on any atom is -0.477 e. The first-order valence-electron chi connectivity index (χ1n) is 4.13. The summed E-state index contributed by atoms with van der Waals surface area (Å²) in [5, 5.41) is 8.39. The third-order valence-electron chi connectivity index (χ3n) is 1.52. The van der Waals surface area contributed by atoms with Gasteiger partial charge in [-0.05, 0) is 31.2 Å². The van der Waals surface area contributed by atoms with Gasteiger partial charge in [0.05, 0.1) is 6.61 Å². The highest BCUT2D eigenvalue weighted by atomic mass is 19.1. The molecule has 0 aliphatic carbocycles. The predicted molar refractivity (Wildman–Crippen MR) is 50.2 cm³/mol. The second kappa shape index (κ2) is 4.97. The topological polar surface area (TPSA) is 45.4 Å². The van der Waals surface area contributed by atoms with Crippen LogP contribution in [0.25, 0.3) is 0 Å². The second-order valence-corrected chi connectivity index (χ2v) is 2.46. The lowest BCUT2D eigenvalue weighted by molar-refractivity contribution is 0.329. The Morgan fingerprint density at radius 3 is 2.64 bits per heavy atom. The summed E-state index contributed by atoms with van der Waals surface area (Å²) < 4.78 is 17.7. The Morgan fingerprint density at radius 1 is 1.50 bits per heavy atom. The molecule has 0 fully saturated rings. The molecule has 0 radical (unpaired) electrons. The zero-order chi connectivity index (χ0) is 10.4. The van der Waals surface area contributed by atoms with Crippen LogP contribution in [-0.2, 0) is 4.74 Å². The van der Waals surface area contributed by atoms with Crippen molar-refractivity contribution in [1.82, 2.24) is 0 Å². The fraction of sp³-hybridized carbons (Fsp3) is 0.200. The Balaban J connectivity index is 2.95. The Bertz CT molecular complexity index is 365. The van der Waals surface area contributed by atoms with Gasteiger partial charge in [-0.1, -0.05) is 0 Å². The summed E-state index contributed by atoms with van der Waals surface area (Å²) in [7, 11) is 0. The Hall–Kier alpha value is -1.89. The van der Waals surface area contributed by atoms with E-state index >= 15 is 0 Å². The van der Waals surface area contributed by atoms with Crippen LogP contribution in [0.2, 0.25) is 0 Å². The van der Waals surface area contributed by atoms with Crippen molar-refractivity contribution in [2.24, 2.45) is 4.99 Å². The van der Waals surface area contributed by atoms with Gasteiger partial charge < -0.3 is 4.74 Å². The van der Waals surface area contributed by atoms with Crippen molar-refractivity contribution >= 4 is 5.90 Å². The van der Waals surface area contributed by atoms with Crippen LogP contribution in [0, 0.1) is 17.3 Å². The highest BCUT2D eigenvalue weighted by Gasteiger charge is 2.03. The van der Waals surface area contributed by atoms with Gasteiger partial charge in [-0.2, -0.15) is 5.26 Å². The van der Waals surface area contributed by atoms with Crippen LogP contribution >= 0.6 is 0 Å². The van der Waals surface area contributed by atoms with E-state index in [9.17, 15) is 4.39 Å². The molecule has 0 aliphatic heterocycles. The maximum Gasteiger partial charge on any atom is 0.231 e. The molecule has 0 amide bonds. The van der Waals surface area contributed by atoms with Crippen molar-refractivity contribution in [2.45, 2.75) is 6.92 Å². The Morgan fingerprint density at radius 2 is 2.14 bits per heavy atom. The minimum absolute atomic E-state index is 0.218. The Labute approximate surface area is 81.5 Å². The van der Waals surface area contributed by atoms with Gasteiger partial charge in [0.1, 0.15) is 5.82 Å². The van der Waals surface area contributed by atoms with E-state index in [4.69, 9.17) is 10.00 Å². The largest absolute Gasteiger partial charge is 0.477 e. The van der Waals surface area contributed by atoms with E-state index < -0.39 is 0 Å². The van der Waals surface area contributed by atoms with E-state index in [-0.39, 0.29) is 11.7 Å². The molecule has 72 valence electrons. The van der Waals surface area contributed by atoms with Crippen molar-refractivity contribution < 1.29 is 9.13 Å². The van der Waals surface area contributed by atoms with Crippen molar-refractivity contribution in [3.63, 3.8) is 0 Å². The molecule has 0 bridgehead atoms. The van der Waals surface area contributed by atoms with Gasteiger partial charge in [0.2, 0.25) is 12.1 Å². The molecule has 4 heteroatoms. The maximum atomic E-state index is 12.6. The first kappa shape index (κ1) is 10.2. The average molecular weight is 192 g/mol. The van der Waals surface area contributed by atoms with Crippen LogP contribution < -0.4 is 0 Å². The molecule has 0 saturated carbocycles. The first-order valence-corrected chi connectivity index (χ1v) is 4.13. The second-order valence-electron chi connectivity index (χ2n) is 2.46. The Kier molecular flexibility index (Phi) is 3.62. The molecule has 0 aliphatic rings. The molecule has 1 rings (SSSR count). The highest BCUT2D eigenvalue weighted by molar-refractivity contribution is 5.94. The van der Waals surface area contributed by atoms with Crippen molar-refractivity contribution in [3.05, 3.63) is 35.6 Å². The standard InChI is InChI=1S/C10H9FN2O/c1-2-14-10(13-7-12)8-3-5-9(11)6-4-8/h3-6H,2H2,1H3. The van der Waals surface area contributed by atoms with Crippen LogP contribution in [0.15, 0.2) is 29.3 Å². The summed E-state index contributed by atoms with van der Waals surface area (Å²) >= 11 is 0. The van der Waals surface area contributed by atoms with E-state index in [1.807, 2.05) is 0 Å². The fourth-order valence-electron chi connectivity index (χ4n) is 0.955. The van der Waals surface area contributed by atoms with Crippen molar-refractivity contribution in [1.29, 1.82) is 5.26 Å². The van der Waals surface area contributed by atoms with Gasteiger partial charge in [-0.3, -0.25) is 0 Å². The normalized spacial score (nSPS) is 10.8. The summed E-state index contributed by atoms with van der Waals surface area (Å²) in [6, 6.07) is 5.62. The minimum atomic E-state index is -0.332. The first-order chi connectivity index (χ1) is 6.77. The summed E-state index contributed by atoms with van der Waals surface area (Å²) in [5.41, 5.74) is 0.592. The van der Waals surface area contributed by atoms with Gasteiger partial charge in [0.25, 0.3) is 0 Å². The SMILES string of the molecule is CCOC(=NC#N)c1ccc(F)cc1. The average Bonchev–Trinajstić information content (AvgIpc) is 2.19. The van der Waals surface area contributed by atoms with Crippen LogP contribution in [0.3, 0.4) is 0 Å². The number of hydrogen-bond donors (Lipinski definition) is 0.